The van der Waals surface area contributed by atoms with Gasteiger partial charge in [0.2, 0.25) is 0 Å². The molecule has 0 unspecified atom stereocenters. The number of hydrogen-bond donors (Lipinski definition) is 0. The van der Waals surface area contributed by atoms with Crippen molar-refractivity contribution in [3.05, 3.63) is 58.7 Å². The zero-order chi connectivity index (χ0) is 48.7. The summed E-state index contributed by atoms with van der Waals surface area (Å²) < 4.78 is 20.2. The number of aromatic nitrogens is 4. The zero-order valence-corrected chi connectivity index (χ0v) is 47.0. The summed E-state index contributed by atoms with van der Waals surface area (Å²) >= 11 is 2.82. The summed E-state index contributed by atoms with van der Waals surface area (Å²) in [6.07, 6.45) is 54.0. The van der Waals surface area contributed by atoms with Gasteiger partial charge < -0.3 is 0 Å². The monoisotopic (exact) mass is 987 g/mol. The van der Waals surface area contributed by atoms with Gasteiger partial charge in [0.1, 0.15) is 22.1 Å². The van der Waals surface area contributed by atoms with Crippen molar-refractivity contribution in [2.45, 2.75) is 295 Å². The predicted octanol–water partition coefficient (Wildman–Crippen LogP) is 21.9. The van der Waals surface area contributed by atoms with Crippen LogP contribution in [0.25, 0.3) is 44.3 Å². The second kappa shape index (κ2) is 29.9. The van der Waals surface area contributed by atoms with Gasteiger partial charge >= 0.3 is 0 Å². The maximum Gasteiger partial charge on any atom is 0.112 e. The first-order valence-corrected chi connectivity index (χ1v) is 31.8. The molecule has 0 atom stereocenters. The minimum atomic E-state index is -0.0202. The van der Waals surface area contributed by atoms with Crippen LogP contribution in [-0.4, -0.2) is 17.5 Å². The molecule has 0 bridgehead atoms. The smallest absolute Gasteiger partial charge is 0.112 e. The molecule has 386 valence electrons. The molecule has 7 rings (SSSR count). The quantitative estimate of drug-likeness (QED) is 0.0367. The average molecular weight is 988 g/mol. The van der Waals surface area contributed by atoms with E-state index in [2.05, 4.69) is 64.1 Å². The Kier molecular flexibility index (Phi) is 23.5. The van der Waals surface area contributed by atoms with Crippen LogP contribution < -0.4 is 0 Å². The molecule has 70 heavy (non-hydrogen) atoms. The summed E-state index contributed by atoms with van der Waals surface area (Å²) in [5, 5.41) is 0. The molecule has 5 aromatic rings. The second-order valence-electron chi connectivity index (χ2n) is 22.7. The first-order valence-electron chi connectivity index (χ1n) is 30.3. The van der Waals surface area contributed by atoms with E-state index in [1.807, 2.05) is 0 Å². The highest BCUT2D eigenvalue weighted by molar-refractivity contribution is 7.00. The lowest BCUT2D eigenvalue weighted by atomic mass is 9.68. The van der Waals surface area contributed by atoms with Crippen molar-refractivity contribution in [2.24, 2.45) is 0 Å². The van der Waals surface area contributed by atoms with Crippen molar-refractivity contribution in [2.75, 3.05) is 0 Å². The van der Waals surface area contributed by atoms with Gasteiger partial charge in [-0.2, -0.15) is 17.5 Å². The Bertz CT molecular complexity index is 2050. The standard InChI is InChI=1S/C64H98N4S2/c1-5-9-13-17-21-25-29-33-37-45-63(46-38-34-30-26-22-18-14-10-6-2)53-41-43-57-61(67-69-65-57)59(53)51-50-56-52(49-55(51)63)60-54(42-44-58-62(60)68-70-66-58)64(56,47-39-35-31-27-23-19-15-11-7-3)48-40-36-32-28-24-20-16-12-8-4/h41-44,49-50H,5-40,45-48H2,1-4H3. The van der Waals surface area contributed by atoms with Crippen LogP contribution in [0, 0.1) is 0 Å². The Morgan fingerprint density at radius 1 is 0.300 bits per heavy atom. The maximum atomic E-state index is 5.18. The molecule has 3 aromatic carbocycles. The highest BCUT2D eigenvalue weighted by Crippen LogP contribution is 2.62. The topological polar surface area (TPSA) is 51.6 Å². The van der Waals surface area contributed by atoms with Gasteiger partial charge in [0, 0.05) is 22.0 Å². The molecule has 2 aliphatic carbocycles. The summed E-state index contributed by atoms with van der Waals surface area (Å²) in [6, 6.07) is 15.3. The van der Waals surface area contributed by atoms with Crippen LogP contribution in [0.4, 0.5) is 0 Å². The van der Waals surface area contributed by atoms with Crippen molar-refractivity contribution >= 4 is 45.5 Å². The van der Waals surface area contributed by atoms with Gasteiger partial charge in [-0.05, 0) is 83.3 Å². The number of benzene rings is 3. The summed E-state index contributed by atoms with van der Waals surface area (Å²) in [4.78, 5) is 0. The molecule has 6 heteroatoms. The molecule has 2 heterocycles. The summed E-state index contributed by atoms with van der Waals surface area (Å²) in [5.41, 5.74) is 16.5. The Hall–Kier alpha value is -2.70. The SMILES string of the molecule is CCCCCCCCCCCC1(CCCCCCCCCCC)c2cc3c(cc2-c2c1ccc1nsnc21)C(CCCCCCCCCCC)(CCCCCCCCCCC)c1ccc2nsnc2c1-3. The highest BCUT2D eigenvalue weighted by Gasteiger charge is 2.49. The van der Waals surface area contributed by atoms with E-state index in [9.17, 15) is 0 Å². The third-order valence-electron chi connectivity index (χ3n) is 17.4. The molecular weight excluding hydrogens is 889 g/mol. The normalized spacial score (nSPS) is 14.2. The number of fused-ring (bicyclic) bond motifs is 10. The lowest BCUT2D eigenvalue weighted by Gasteiger charge is -2.35. The first kappa shape index (κ1) is 55.1. The number of unbranched alkanes of at least 4 members (excludes halogenated alkanes) is 32. The Labute approximate surface area is 436 Å². The van der Waals surface area contributed by atoms with E-state index in [-0.39, 0.29) is 10.8 Å². The molecule has 0 N–H and O–H groups in total. The Morgan fingerprint density at radius 2 is 0.557 bits per heavy atom. The molecular formula is C64H98N4S2. The van der Waals surface area contributed by atoms with Crippen LogP contribution >= 0.6 is 23.5 Å². The molecule has 2 aliphatic rings. The molecule has 0 aliphatic heterocycles. The van der Waals surface area contributed by atoms with Crippen molar-refractivity contribution in [3.8, 4) is 22.3 Å². The van der Waals surface area contributed by atoms with Gasteiger partial charge in [0.05, 0.1) is 23.5 Å². The van der Waals surface area contributed by atoms with Crippen LogP contribution in [0.15, 0.2) is 36.4 Å². The fourth-order valence-corrected chi connectivity index (χ4v) is 14.5. The average Bonchev–Trinajstić information content (AvgIpc) is 4.17. The molecule has 0 fully saturated rings. The van der Waals surface area contributed by atoms with E-state index in [0.717, 1.165) is 22.1 Å². The van der Waals surface area contributed by atoms with Crippen molar-refractivity contribution in [1.29, 1.82) is 0 Å². The van der Waals surface area contributed by atoms with Crippen LogP contribution in [-0.2, 0) is 10.8 Å². The van der Waals surface area contributed by atoms with Gasteiger partial charge in [-0.25, -0.2) is 0 Å². The third-order valence-corrected chi connectivity index (χ3v) is 18.5. The highest BCUT2D eigenvalue weighted by atomic mass is 32.1. The minimum Gasteiger partial charge on any atom is -0.173 e. The lowest BCUT2D eigenvalue weighted by molar-refractivity contribution is 0.393. The van der Waals surface area contributed by atoms with Gasteiger partial charge in [-0.3, -0.25) is 0 Å². The Balaban J connectivity index is 1.25. The van der Waals surface area contributed by atoms with Crippen molar-refractivity contribution in [3.63, 3.8) is 0 Å². The van der Waals surface area contributed by atoms with E-state index in [0.29, 0.717) is 0 Å². The minimum absolute atomic E-state index is 0.0202. The summed E-state index contributed by atoms with van der Waals surface area (Å²) in [5.74, 6) is 0. The van der Waals surface area contributed by atoms with Gasteiger partial charge in [0.15, 0.2) is 0 Å². The van der Waals surface area contributed by atoms with E-state index in [1.165, 1.54) is 303 Å². The molecule has 0 radical (unpaired) electrons. The number of hydrogen-bond acceptors (Lipinski definition) is 6. The van der Waals surface area contributed by atoms with Crippen LogP contribution in [0.1, 0.15) is 307 Å². The van der Waals surface area contributed by atoms with Crippen molar-refractivity contribution in [1.82, 2.24) is 17.5 Å². The molecule has 2 aromatic heterocycles. The molecule has 0 spiro atoms. The molecule has 0 amide bonds. The third kappa shape index (κ3) is 13.9. The predicted molar refractivity (Wildman–Crippen MR) is 308 cm³/mol. The van der Waals surface area contributed by atoms with E-state index >= 15 is 0 Å². The van der Waals surface area contributed by atoms with Crippen LogP contribution in [0.3, 0.4) is 0 Å². The summed E-state index contributed by atoms with van der Waals surface area (Å²) in [7, 11) is 0. The van der Waals surface area contributed by atoms with E-state index < -0.39 is 0 Å². The van der Waals surface area contributed by atoms with Crippen LogP contribution in [0.2, 0.25) is 0 Å². The molecule has 0 saturated carbocycles. The molecule has 0 saturated heterocycles. The fraction of sp³-hybridized carbons (Fsp3) is 0.719. The zero-order valence-electron chi connectivity index (χ0n) is 45.4. The second-order valence-corrected chi connectivity index (χ2v) is 23.7. The lowest BCUT2D eigenvalue weighted by Crippen LogP contribution is -2.27. The largest absolute Gasteiger partial charge is 0.173 e. The Morgan fingerprint density at radius 3 is 0.829 bits per heavy atom. The summed E-state index contributed by atoms with van der Waals surface area (Å²) in [6.45, 7) is 9.32. The van der Waals surface area contributed by atoms with Gasteiger partial charge in [-0.15, -0.1) is 0 Å². The van der Waals surface area contributed by atoms with Crippen LogP contribution in [0.5, 0.6) is 0 Å². The number of rotatable bonds is 40. The van der Waals surface area contributed by atoms with Gasteiger partial charge in [-0.1, -0.05) is 271 Å². The fourth-order valence-electron chi connectivity index (χ4n) is 13.4. The van der Waals surface area contributed by atoms with Crippen molar-refractivity contribution < 1.29 is 0 Å². The molecule has 4 nitrogen and oxygen atoms in total. The number of nitrogens with zero attached hydrogens (tertiary/aromatic N) is 4. The van der Waals surface area contributed by atoms with E-state index in [1.54, 1.807) is 22.3 Å². The maximum absolute atomic E-state index is 5.18. The first-order chi connectivity index (χ1) is 34.6. The van der Waals surface area contributed by atoms with E-state index in [4.69, 9.17) is 17.5 Å². The van der Waals surface area contributed by atoms with Gasteiger partial charge in [0.25, 0.3) is 0 Å².